The van der Waals surface area contributed by atoms with E-state index in [0.29, 0.717) is 24.7 Å². The fourth-order valence-electron chi connectivity index (χ4n) is 2.22. The van der Waals surface area contributed by atoms with Gasteiger partial charge in [0.2, 0.25) is 11.7 Å². The molecule has 0 saturated carbocycles. The van der Waals surface area contributed by atoms with Gasteiger partial charge in [0.05, 0.1) is 18.1 Å². The molecule has 1 unspecified atom stereocenters. The maximum atomic E-state index is 11.4. The van der Waals surface area contributed by atoms with Gasteiger partial charge in [0.1, 0.15) is 0 Å². The molecule has 2 aromatic rings. The van der Waals surface area contributed by atoms with Crippen LogP contribution in [0.1, 0.15) is 12.3 Å². The zero-order chi connectivity index (χ0) is 14.0. The monoisotopic (exact) mass is 293 g/mol. The van der Waals surface area contributed by atoms with Crippen LogP contribution in [0.25, 0.3) is 11.4 Å². The van der Waals surface area contributed by atoms with E-state index in [9.17, 15) is 8.42 Å². The van der Waals surface area contributed by atoms with E-state index in [2.05, 4.69) is 15.5 Å². The summed E-state index contributed by atoms with van der Waals surface area (Å²) in [5.74, 6) is 1.45. The van der Waals surface area contributed by atoms with Crippen LogP contribution in [-0.4, -0.2) is 36.1 Å². The number of nitrogens with one attached hydrogen (secondary N) is 1. The van der Waals surface area contributed by atoms with Crippen molar-refractivity contribution in [3.05, 3.63) is 36.2 Å². The third-order valence-corrected chi connectivity index (χ3v) is 5.04. The Bertz CT molecular complexity index is 682. The number of sulfone groups is 1. The summed E-state index contributed by atoms with van der Waals surface area (Å²) in [6, 6.07) is 9.54. The number of nitrogens with zero attached hydrogens (tertiary/aromatic N) is 2. The Kier molecular flexibility index (Phi) is 3.54. The van der Waals surface area contributed by atoms with Gasteiger partial charge >= 0.3 is 0 Å². The molecule has 1 fully saturated rings. The van der Waals surface area contributed by atoms with Gasteiger partial charge in [0.15, 0.2) is 9.84 Å². The smallest absolute Gasteiger partial charge is 0.240 e. The summed E-state index contributed by atoms with van der Waals surface area (Å²) < 4.78 is 27.9. The van der Waals surface area contributed by atoms with E-state index in [0.717, 1.165) is 5.56 Å². The first-order valence-corrected chi connectivity index (χ1v) is 8.26. The summed E-state index contributed by atoms with van der Waals surface area (Å²) in [6.45, 7) is 0.389. The Labute approximate surface area is 117 Å². The molecule has 1 aliphatic heterocycles. The first-order chi connectivity index (χ1) is 9.62. The van der Waals surface area contributed by atoms with E-state index in [1.54, 1.807) is 0 Å². The summed E-state index contributed by atoms with van der Waals surface area (Å²) in [5.41, 5.74) is 0.894. The van der Waals surface area contributed by atoms with Crippen molar-refractivity contribution in [1.82, 2.24) is 15.5 Å². The van der Waals surface area contributed by atoms with Crippen molar-refractivity contribution < 1.29 is 12.9 Å². The van der Waals surface area contributed by atoms with Crippen molar-refractivity contribution in [3.63, 3.8) is 0 Å². The lowest BCUT2D eigenvalue weighted by Crippen LogP contribution is -2.29. The van der Waals surface area contributed by atoms with Crippen LogP contribution in [0.15, 0.2) is 34.9 Å². The van der Waals surface area contributed by atoms with Gasteiger partial charge in [-0.3, -0.25) is 0 Å². The molecule has 1 N–H and O–H groups in total. The number of rotatable bonds is 4. The topological polar surface area (TPSA) is 85.1 Å². The van der Waals surface area contributed by atoms with E-state index < -0.39 is 9.84 Å². The molecular weight excluding hydrogens is 278 g/mol. The van der Waals surface area contributed by atoms with Gasteiger partial charge in [-0.2, -0.15) is 4.98 Å². The Morgan fingerprint density at radius 2 is 2.10 bits per heavy atom. The molecule has 1 saturated heterocycles. The fourth-order valence-corrected chi connectivity index (χ4v) is 3.93. The van der Waals surface area contributed by atoms with Gasteiger partial charge in [-0.25, -0.2) is 8.42 Å². The summed E-state index contributed by atoms with van der Waals surface area (Å²) in [7, 11) is -2.87. The van der Waals surface area contributed by atoms with Crippen molar-refractivity contribution in [2.45, 2.75) is 19.0 Å². The molecular formula is C13H15N3O3S. The maximum absolute atomic E-state index is 11.4. The first kappa shape index (κ1) is 13.3. The van der Waals surface area contributed by atoms with Gasteiger partial charge in [0.25, 0.3) is 0 Å². The van der Waals surface area contributed by atoms with Gasteiger partial charge in [-0.05, 0) is 6.42 Å². The number of benzene rings is 1. The lowest BCUT2D eigenvalue weighted by molar-refractivity contribution is 0.360. The number of hydrogen-bond donors (Lipinski definition) is 1. The first-order valence-electron chi connectivity index (χ1n) is 6.44. The highest BCUT2D eigenvalue weighted by Crippen LogP contribution is 2.15. The average Bonchev–Trinajstić information content (AvgIpc) is 3.04. The Balaban J connectivity index is 1.61. The fraction of sp³-hybridized carbons (Fsp3) is 0.385. The van der Waals surface area contributed by atoms with Gasteiger partial charge < -0.3 is 9.84 Å². The SMILES string of the molecule is O=S1(=O)CCC(NCc2nc(-c3ccccc3)no2)C1. The van der Waals surface area contributed by atoms with Crippen molar-refractivity contribution in [2.75, 3.05) is 11.5 Å². The Morgan fingerprint density at radius 3 is 2.80 bits per heavy atom. The average molecular weight is 293 g/mol. The van der Waals surface area contributed by atoms with Crippen LogP contribution in [0.4, 0.5) is 0 Å². The molecule has 1 atom stereocenters. The van der Waals surface area contributed by atoms with Gasteiger partial charge in [-0.15, -0.1) is 0 Å². The predicted octanol–water partition coefficient (Wildman–Crippen LogP) is 1.01. The quantitative estimate of drug-likeness (QED) is 0.905. The molecule has 106 valence electrons. The second kappa shape index (κ2) is 5.34. The molecule has 0 aliphatic carbocycles. The molecule has 3 rings (SSSR count). The Hall–Kier alpha value is -1.73. The minimum Gasteiger partial charge on any atom is -0.338 e. The van der Waals surface area contributed by atoms with Crippen LogP contribution in [0.2, 0.25) is 0 Å². The van der Waals surface area contributed by atoms with Crippen LogP contribution in [0.3, 0.4) is 0 Å². The molecule has 6 nitrogen and oxygen atoms in total. The van der Waals surface area contributed by atoms with Crippen molar-refractivity contribution in [3.8, 4) is 11.4 Å². The van der Waals surface area contributed by atoms with Gasteiger partial charge in [0, 0.05) is 11.6 Å². The normalized spacial score (nSPS) is 21.1. The maximum Gasteiger partial charge on any atom is 0.240 e. The highest BCUT2D eigenvalue weighted by Gasteiger charge is 2.27. The molecule has 0 bridgehead atoms. The van der Waals surface area contributed by atoms with Crippen molar-refractivity contribution in [1.29, 1.82) is 0 Å². The lowest BCUT2D eigenvalue weighted by Gasteiger charge is -2.07. The molecule has 1 aromatic carbocycles. The molecule has 1 aliphatic rings. The predicted molar refractivity (Wildman–Crippen MR) is 73.6 cm³/mol. The third kappa shape index (κ3) is 3.05. The Morgan fingerprint density at radius 1 is 1.30 bits per heavy atom. The highest BCUT2D eigenvalue weighted by molar-refractivity contribution is 7.91. The van der Waals surface area contributed by atoms with Crippen LogP contribution >= 0.6 is 0 Å². The molecule has 0 spiro atoms. The number of aromatic nitrogens is 2. The van der Waals surface area contributed by atoms with E-state index in [1.165, 1.54) is 0 Å². The molecule has 0 radical (unpaired) electrons. The largest absolute Gasteiger partial charge is 0.338 e. The van der Waals surface area contributed by atoms with Crippen LogP contribution in [0, 0.1) is 0 Å². The second-order valence-corrected chi connectivity index (χ2v) is 7.09. The van der Waals surface area contributed by atoms with E-state index in [-0.39, 0.29) is 17.5 Å². The third-order valence-electron chi connectivity index (χ3n) is 3.27. The minimum absolute atomic E-state index is 0.0212. The molecule has 2 heterocycles. The minimum atomic E-state index is -2.87. The van der Waals surface area contributed by atoms with E-state index in [1.807, 2.05) is 30.3 Å². The van der Waals surface area contributed by atoms with E-state index in [4.69, 9.17) is 4.52 Å². The second-order valence-electron chi connectivity index (χ2n) is 4.86. The molecule has 1 aromatic heterocycles. The number of hydrogen-bond acceptors (Lipinski definition) is 6. The standard InChI is InChI=1S/C13H15N3O3S/c17-20(18)7-6-11(9-20)14-8-12-15-13(16-19-12)10-4-2-1-3-5-10/h1-5,11,14H,6-9H2. The highest BCUT2D eigenvalue weighted by atomic mass is 32.2. The van der Waals surface area contributed by atoms with E-state index >= 15 is 0 Å². The van der Waals surface area contributed by atoms with Crippen molar-refractivity contribution in [2.24, 2.45) is 0 Å². The molecule has 7 heteroatoms. The summed E-state index contributed by atoms with van der Waals surface area (Å²) >= 11 is 0. The summed E-state index contributed by atoms with van der Waals surface area (Å²) in [4.78, 5) is 4.29. The molecule has 20 heavy (non-hydrogen) atoms. The van der Waals surface area contributed by atoms with Crippen LogP contribution < -0.4 is 5.32 Å². The van der Waals surface area contributed by atoms with Gasteiger partial charge in [-0.1, -0.05) is 35.5 Å². The lowest BCUT2D eigenvalue weighted by atomic mass is 10.2. The van der Waals surface area contributed by atoms with Crippen molar-refractivity contribution >= 4 is 9.84 Å². The summed E-state index contributed by atoms with van der Waals surface area (Å²) in [6.07, 6.45) is 0.641. The zero-order valence-electron chi connectivity index (χ0n) is 10.8. The van der Waals surface area contributed by atoms with Crippen LogP contribution in [-0.2, 0) is 16.4 Å². The zero-order valence-corrected chi connectivity index (χ0v) is 11.6. The summed E-state index contributed by atoms with van der Waals surface area (Å²) in [5, 5.41) is 7.06. The molecule has 0 amide bonds. The van der Waals surface area contributed by atoms with Crippen LogP contribution in [0.5, 0.6) is 0 Å².